The lowest BCUT2D eigenvalue weighted by Gasteiger charge is -2.31. The molecule has 1 fully saturated rings. The summed E-state index contributed by atoms with van der Waals surface area (Å²) in [5, 5.41) is 0.775. The zero-order chi connectivity index (χ0) is 14.7. The maximum Gasteiger partial charge on any atom is 0.336 e. The molecule has 0 aliphatic carbocycles. The number of nitrogens with zero attached hydrogens (tertiary/aromatic N) is 1. The van der Waals surface area contributed by atoms with E-state index in [1.807, 2.05) is 0 Å². The molecule has 2 rings (SSSR count). The Morgan fingerprint density at radius 3 is 2.55 bits per heavy atom. The SMILES string of the molecule is COC(=O)C1CN(C(=O)c2cc(Cl)cc(Cl)c2)CCO1. The quantitative estimate of drug-likeness (QED) is 0.783. The van der Waals surface area contributed by atoms with Crippen molar-refractivity contribution in [2.75, 3.05) is 26.8 Å². The molecule has 1 aromatic rings. The fraction of sp³-hybridized carbons (Fsp3) is 0.385. The normalized spacial score (nSPS) is 18.8. The van der Waals surface area contributed by atoms with Crippen LogP contribution in [0.5, 0.6) is 0 Å². The summed E-state index contributed by atoms with van der Waals surface area (Å²) >= 11 is 11.8. The first-order valence-electron chi connectivity index (χ1n) is 5.96. The number of carbonyl (C=O) groups is 2. The highest BCUT2D eigenvalue weighted by Crippen LogP contribution is 2.21. The highest BCUT2D eigenvalue weighted by molar-refractivity contribution is 6.35. The van der Waals surface area contributed by atoms with Gasteiger partial charge in [0.15, 0.2) is 6.10 Å². The van der Waals surface area contributed by atoms with Crippen LogP contribution >= 0.6 is 23.2 Å². The van der Waals surface area contributed by atoms with Crippen LogP contribution in [0.4, 0.5) is 0 Å². The van der Waals surface area contributed by atoms with Crippen molar-refractivity contribution in [1.82, 2.24) is 4.90 Å². The molecular formula is C13H13Cl2NO4. The van der Waals surface area contributed by atoms with Gasteiger partial charge in [-0.25, -0.2) is 4.79 Å². The molecule has 1 aliphatic rings. The van der Waals surface area contributed by atoms with Gasteiger partial charge in [-0.3, -0.25) is 4.79 Å². The second-order valence-corrected chi connectivity index (χ2v) is 5.16. The molecule has 20 heavy (non-hydrogen) atoms. The molecule has 108 valence electrons. The second-order valence-electron chi connectivity index (χ2n) is 4.29. The first kappa shape index (κ1) is 15.1. The van der Waals surface area contributed by atoms with E-state index >= 15 is 0 Å². The summed E-state index contributed by atoms with van der Waals surface area (Å²) < 4.78 is 9.89. The van der Waals surface area contributed by atoms with Crippen molar-refractivity contribution in [2.45, 2.75) is 6.10 Å². The molecule has 0 saturated carbocycles. The number of rotatable bonds is 2. The van der Waals surface area contributed by atoms with Gasteiger partial charge in [0, 0.05) is 22.2 Å². The van der Waals surface area contributed by atoms with E-state index in [2.05, 4.69) is 4.74 Å². The van der Waals surface area contributed by atoms with Gasteiger partial charge >= 0.3 is 5.97 Å². The predicted octanol–water partition coefficient (Wildman–Crippen LogP) is 2.01. The molecule has 1 unspecified atom stereocenters. The Balaban J connectivity index is 2.14. The van der Waals surface area contributed by atoms with Crippen molar-refractivity contribution in [2.24, 2.45) is 0 Å². The lowest BCUT2D eigenvalue weighted by atomic mass is 10.1. The van der Waals surface area contributed by atoms with Crippen LogP contribution in [-0.2, 0) is 14.3 Å². The van der Waals surface area contributed by atoms with Gasteiger partial charge in [-0.2, -0.15) is 0 Å². The Kier molecular flexibility index (Phi) is 4.86. The minimum atomic E-state index is -0.757. The molecular weight excluding hydrogens is 305 g/mol. The third kappa shape index (κ3) is 3.42. The number of benzene rings is 1. The Labute approximate surface area is 126 Å². The molecule has 0 aromatic heterocycles. The molecule has 0 radical (unpaired) electrons. The van der Waals surface area contributed by atoms with Crippen molar-refractivity contribution >= 4 is 35.1 Å². The van der Waals surface area contributed by atoms with Crippen LogP contribution < -0.4 is 0 Å². The molecule has 0 bridgehead atoms. The van der Waals surface area contributed by atoms with Crippen molar-refractivity contribution < 1.29 is 19.1 Å². The summed E-state index contributed by atoms with van der Waals surface area (Å²) in [5.41, 5.74) is 0.382. The van der Waals surface area contributed by atoms with Crippen LogP contribution in [0.2, 0.25) is 10.0 Å². The number of halogens is 2. The summed E-state index contributed by atoms with van der Waals surface area (Å²) in [6.07, 6.45) is -0.757. The van der Waals surface area contributed by atoms with E-state index < -0.39 is 12.1 Å². The highest BCUT2D eigenvalue weighted by Gasteiger charge is 2.30. The Morgan fingerprint density at radius 1 is 1.30 bits per heavy atom. The topological polar surface area (TPSA) is 55.8 Å². The van der Waals surface area contributed by atoms with Crippen LogP contribution in [0.25, 0.3) is 0 Å². The Bertz CT molecular complexity index is 515. The molecule has 0 N–H and O–H groups in total. The minimum Gasteiger partial charge on any atom is -0.467 e. The smallest absolute Gasteiger partial charge is 0.336 e. The average Bonchev–Trinajstić information content (AvgIpc) is 2.44. The van der Waals surface area contributed by atoms with Gasteiger partial charge < -0.3 is 14.4 Å². The number of amides is 1. The van der Waals surface area contributed by atoms with Crippen LogP contribution in [0, 0.1) is 0 Å². The average molecular weight is 318 g/mol. The van der Waals surface area contributed by atoms with E-state index in [0.29, 0.717) is 22.2 Å². The van der Waals surface area contributed by atoms with Gasteiger partial charge in [0.25, 0.3) is 5.91 Å². The van der Waals surface area contributed by atoms with Crippen molar-refractivity contribution in [1.29, 1.82) is 0 Å². The van der Waals surface area contributed by atoms with Gasteiger partial charge in [0.2, 0.25) is 0 Å². The molecule has 1 aliphatic heterocycles. The minimum absolute atomic E-state index is 0.148. The Morgan fingerprint density at radius 2 is 1.95 bits per heavy atom. The monoisotopic (exact) mass is 317 g/mol. The van der Waals surface area contributed by atoms with Crippen LogP contribution in [0.1, 0.15) is 10.4 Å². The third-order valence-corrected chi connectivity index (χ3v) is 3.36. The molecule has 1 heterocycles. The zero-order valence-electron chi connectivity index (χ0n) is 10.8. The number of hydrogen-bond acceptors (Lipinski definition) is 4. The molecule has 0 spiro atoms. The van der Waals surface area contributed by atoms with E-state index in [4.69, 9.17) is 27.9 Å². The molecule has 1 saturated heterocycles. The van der Waals surface area contributed by atoms with E-state index in [9.17, 15) is 9.59 Å². The Hall–Kier alpha value is -1.30. The first-order chi connectivity index (χ1) is 9.51. The summed E-state index contributed by atoms with van der Waals surface area (Å²) in [5.74, 6) is -0.738. The number of carbonyl (C=O) groups excluding carboxylic acids is 2. The summed E-state index contributed by atoms with van der Waals surface area (Å²) in [6, 6.07) is 4.63. The molecule has 1 amide bonds. The zero-order valence-corrected chi connectivity index (χ0v) is 12.3. The molecule has 7 heteroatoms. The summed E-state index contributed by atoms with van der Waals surface area (Å²) in [4.78, 5) is 25.3. The van der Waals surface area contributed by atoms with Gasteiger partial charge in [0.1, 0.15) is 0 Å². The maximum atomic E-state index is 12.4. The van der Waals surface area contributed by atoms with Crippen LogP contribution in [0.3, 0.4) is 0 Å². The van der Waals surface area contributed by atoms with Gasteiger partial charge in [0.05, 0.1) is 20.3 Å². The number of ether oxygens (including phenoxy) is 2. The van der Waals surface area contributed by atoms with E-state index in [0.717, 1.165) is 0 Å². The van der Waals surface area contributed by atoms with Gasteiger partial charge in [-0.05, 0) is 18.2 Å². The molecule has 1 aromatic carbocycles. The van der Waals surface area contributed by atoms with Crippen molar-refractivity contribution in [3.63, 3.8) is 0 Å². The lowest BCUT2D eigenvalue weighted by Crippen LogP contribution is -2.48. The van der Waals surface area contributed by atoms with Crippen molar-refractivity contribution in [3.05, 3.63) is 33.8 Å². The highest BCUT2D eigenvalue weighted by atomic mass is 35.5. The first-order valence-corrected chi connectivity index (χ1v) is 6.71. The van der Waals surface area contributed by atoms with E-state index in [1.165, 1.54) is 12.0 Å². The number of methoxy groups -OCH3 is 1. The number of hydrogen-bond donors (Lipinski definition) is 0. The lowest BCUT2D eigenvalue weighted by molar-refractivity contribution is -0.158. The van der Waals surface area contributed by atoms with Crippen molar-refractivity contribution in [3.8, 4) is 0 Å². The van der Waals surface area contributed by atoms with E-state index in [-0.39, 0.29) is 19.1 Å². The van der Waals surface area contributed by atoms with Gasteiger partial charge in [-0.15, -0.1) is 0 Å². The summed E-state index contributed by atoms with van der Waals surface area (Å²) in [7, 11) is 1.28. The second kappa shape index (κ2) is 6.43. The standard InChI is InChI=1S/C13H13Cl2NO4/c1-19-13(18)11-7-16(2-3-20-11)12(17)8-4-9(14)6-10(15)5-8/h4-6,11H,2-3,7H2,1H3. The fourth-order valence-corrected chi connectivity index (χ4v) is 2.49. The van der Waals surface area contributed by atoms with E-state index in [1.54, 1.807) is 18.2 Å². The molecule has 5 nitrogen and oxygen atoms in total. The fourth-order valence-electron chi connectivity index (χ4n) is 1.97. The van der Waals surface area contributed by atoms with Gasteiger partial charge in [-0.1, -0.05) is 23.2 Å². The predicted molar refractivity (Wildman–Crippen MR) is 74.1 cm³/mol. The number of esters is 1. The largest absolute Gasteiger partial charge is 0.467 e. The van der Waals surface area contributed by atoms with Crippen LogP contribution in [0.15, 0.2) is 18.2 Å². The molecule has 1 atom stereocenters. The number of morpholine rings is 1. The maximum absolute atomic E-state index is 12.4. The third-order valence-electron chi connectivity index (χ3n) is 2.93. The summed E-state index contributed by atoms with van der Waals surface area (Å²) in [6.45, 7) is 0.825. The van der Waals surface area contributed by atoms with Crippen LogP contribution in [-0.4, -0.2) is 49.7 Å².